The fraction of sp³-hybridized carbons (Fsp3) is 0.776. The second-order valence-electron chi connectivity index (χ2n) is 19.0. The van der Waals surface area contributed by atoms with Crippen LogP contribution in [0.5, 0.6) is 0 Å². The molecule has 6 aliphatic rings. The summed E-state index contributed by atoms with van der Waals surface area (Å²) in [6.07, 6.45) is 10.6. The molecule has 5 aliphatic heterocycles. The number of hydrogen-bond donors (Lipinski definition) is 3. The number of allylic oxidation sites excluding steroid dienone is 2. The quantitative estimate of drug-likeness (QED) is 0.126. The normalized spacial score (nSPS) is 43.2. The van der Waals surface area contributed by atoms with E-state index in [-0.39, 0.29) is 48.8 Å². The van der Waals surface area contributed by atoms with Gasteiger partial charge in [-0.05, 0) is 62.8 Å². The van der Waals surface area contributed by atoms with E-state index in [1.807, 2.05) is 51.2 Å². The highest BCUT2D eigenvalue weighted by molar-refractivity contribution is 5.66. The van der Waals surface area contributed by atoms with Gasteiger partial charge in [0.15, 0.2) is 18.4 Å². The zero-order valence-corrected chi connectivity index (χ0v) is 39.3. The van der Waals surface area contributed by atoms with Gasteiger partial charge in [-0.1, -0.05) is 70.6 Å². The molecule has 4 saturated heterocycles. The number of aliphatic hydroxyl groups is 3. The number of carbonyl (C=O) groups is 1. The molecular formula is C49H76O14. The fourth-order valence-corrected chi connectivity index (χ4v) is 10.2. The highest BCUT2D eigenvalue weighted by Crippen LogP contribution is 2.43. The van der Waals surface area contributed by atoms with Gasteiger partial charge in [0, 0.05) is 65.1 Å². The second kappa shape index (κ2) is 21.5. The van der Waals surface area contributed by atoms with Crippen LogP contribution in [0.1, 0.15) is 107 Å². The molecule has 0 radical (unpaired) electrons. The zero-order chi connectivity index (χ0) is 45.8. The Morgan fingerprint density at radius 2 is 1.71 bits per heavy atom. The average molecular weight is 889 g/mol. The van der Waals surface area contributed by atoms with Crippen LogP contribution in [0.15, 0.2) is 59.3 Å². The molecule has 63 heavy (non-hydrogen) atoms. The number of ether oxygens (including phenoxy) is 10. The van der Waals surface area contributed by atoms with E-state index in [2.05, 4.69) is 39.8 Å². The van der Waals surface area contributed by atoms with Gasteiger partial charge in [0.2, 0.25) is 0 Å². The van der Waals surface area contributed by atoms with E-state index >= 15 is 0 Å². The van der Waals surface area contributed by atoms with Crippen LogP contribution < -0.4 is 0 Å². The molecule has 0 amide bonds. The summed E-state index contributed by atoms with van der Waals surface area (Å²) in [6, 6.07) is 0. The van der Waals surface area contributed by atoms with Crippen molar-refractivity contribution in [3.05, 3.63) is 59.3 Å². The number of carbonyl (C=O) groups excluding carboxylic acids is 1. The van der Waals surface area contributed by atoms with E-state index < -0.39 is 72.8 Å². The summed E-state index contributed by atoms with van der Waals surface area (Å²) in [6.45, 7) is 17.9. The van der Waals surface area contributed by atoms with Crippen molar-refractivity contribution in [2.45, 2.75) is 204 Å². The standard InChI is InChI=1S/C49H76O14/c1-12-27(2)45-31(6)18-20-48(63-45)25-37(59-34(9)50)22-36(62-48)17-16-30(5)44(29(4)14-13-15-35-26-56-47-42(51)28(3)19-21-49(35,47)53)60-41-24-39(55-11)46(33(8)58-41)61-40-23-38(54-10)43(52)32(7)57-40/h13-16,18-20,27,29,31-33,36-47,51-53H,12,17,21-26H2,1-11H3/b14-13+,30-16+,35-15+/t27?,29-,31-,32?,33?,36+,37?,38?,39?,40?,41?,42?,43-,44?,45?,46?,47+,48?,49-/m0/s1. The van der Waals surface area contributed by atoms with E-state index in [4.69, 9.17) is 47.4 Å². The Balaban J connectivity index is 1.22. The Morgan fingerprint density at radius 1 is 1.00 bits per heavy atom. The SMILES string of the molecule is CCC(C)C1OC2(C=C[C@@H]1C)CC(OC(C)=O)C[C@@H](C/C=C(\C)C(OC1CC(OC)C(OC3CC(OC)[C@@H](O)C(C)O3)C(C)O1)[C@@H](C)/C=C/C=C1\CO[C@@H]3C(O)C(C)=CC[C@]13O)O2. The average Bonchev–Trinajstić information content (AvgIpc) is 3.58. The highest BCUT2D eigenvalue weighted by atomic mass is 16.7. The molecule has 19 atom stereocenters. The molecule has 356 valence electrons. The predicted octanol–water partition coefficient (Wildman–Crippen LogP) is 6.16. The van der Waals surface area contributed by atoms with Crippen molar-refractivity contribution in [3.8, 4) is 0 Å². The Labute approximate surface area is 374 Å². The van der Waals surface area contributed by atoms with Crippen LogP contribution in [0.4, 0.5) is 0 Å². The van der Waals surface area contributed by atoms with Gasteiger partial charge in [0.1, 0.15) is 36.1 Å². The predicted molar refractivity (Wildman–Crippen MR) is 234 cm³/mol. The van der Waals surface area contributed by atoms with Crippen molar-refractivity contribution in [2.75, 3.05) is 20.8 Å². The Morgan fingerprint density at radius 3 is 2.41 bits per heavy atom. The van der Waals surface area contributed by atoms with E-state index in [0.29, 0.717) is 50.0 Å². The molecule has 13 unspecified atom stereocenters. The first-order valence-electron chi connectivity index (χ1n) is 23.2. The van der Waals surface area contributed by atoms with Crippen LogP contribution in [0.25, 0.3) is 0 Å². The minimum absolute atomic E-state index is 0.0340. The molecule has 4 fully saturated rings. The molecule has 0 aromatic rings. The molecule has 0 bridgehead atoms. The van der Waals surface area contributed by atoms with E-state index in [1.54, 1.807) is 21.1 Å². The maximum absolute atomic E-state index is 12.3. The first kappa shape index (κ1) is 50.1. The molecule has 0 aromatic carbocycles. The van der Waals surface area contributed by atoms with Gasteiger partial charge < -0.3 is 62.7 Å². The van der Waals surface area contributed by atoms with Crippen LogP contribution in [0.3, 0.4) is 0 Å². The summed E-state index contributed by atoms with van der Waals surface area (Å²) in [5, 5.41) is 32.9. The molecule has 14 heteroatoms. The van der Waals surface area contributed by atoms with Gasteiger partial charge in [0.25, 0.3) is 0 Å². The maximum atomic E-state index is 12.3. The van der Waals surface area contributed by atoms with Crippen molar-refractivity contribution >= 4 is 5.97 Å². The molecule has 1 aliphatic carbocycles. The second-order valence-corrected chi connectivity index (χ2v) is 19.0. The van der Waals surface area contributed by atoms with Crippen LogP contribution in [0.2, 0.25) is 0 Å². The molecule has 3 N–H and O–H groups in total. The summed E-state index contributed by atoms with van der Waals surface area (Å²) in [5.41, 5.74) is 1.17. The topological polar surface area (TPSA) is 170 Å². The summed E-state index contributed by atoms with van der Waals surface area (Å²) >= 11 is 0. The highest BCUT2D eigenvalue weighted by Gasteiger charge is 2.52. The molecular weight excluding hydrogens is 813 g/mol. The number of fused-ring (bicyclic) bond motifs is 1. The first-order chi connectivity index (χ1) is 29.9. The maximum Gasteiger partial charge on any atom is 0.302 e. The Bertz CT molecular complexity index is 1690. The number of methoxy groups -OCH3 is 2. The summed E-state index contributed by atoms with van der Waals surface area (Å²) in [5.74, 6) is -0.985. The summed E-state index contributed by atoms with van der Waals surface area (Å²) < 4.78 is 62.8. The van der Waals surface area contributed by atoms with Gasteiger partial charge in [-0.25, -0.2) is 0 Å². The van der Waals surface area contributed by atoms with E-state index in [1.165, 1.54) is 6.92 Å². The third kappa shape index (κ3) is 11.6. The van der Waals surface area contributed by atoms with Gasteiger partial charge in [-0.15, -0.1) is 0 Å². The van der Waals surface area contributed by atoms with Crippen molar-refractivity contribution in [3.63, 3.8) is 0 Å². The van der Waals surface area contributed by atoms with Gasteiger partial charge in [0.05, 0.1) is 49.3 Å². The minimum Gasteiger partial charge on any atom is -0.462 e. The van der Waals surface area contributed by atoms with Crippen molar-refractivity contribution in [2.24, 2.45) is 17.8 Å². The molecule has 0 saturated carbocycles. The number of hydrogen-bond acceptors (Lipinski definition) is 14. The largest absolute Gasteiger partial charge is 0.462 e. The van der Waals surface area contributed by atoms with Gasteiger partial charge >= 0.3 is 5.97 Å². The molecule has 6 rings (SSSR count). The lowest BCUT2D eigenvalue weighted by Gasteiger charge is -2.47. The van der Waals surface area contributed by atoms with Crippen LogP contribution in [-0.2, 0) is 52.2 Å². The smallest absolute Gasteiger partial charge is 0.302 e. The number of esters is 1. The lowest BCUT2D eigenvalue weighted by molar-refractivity contribution is -0.318. The monoisotopic (exact) mass is 889 g/mol. The van der Waals surface area contributed by atoms with Crippen LogP contribution in [0, 0.1) is 17.8 Å². The van der Waals surface area contributed by atoms with Crippen molar-refractivity contribution < 1.29 is 67.5 Å². The van der Waals surface area contributed by atoms with Crippen molar-refractivity contribution in [1.29, 1.82) is 0 Å². The lowest BCUT2D eigenvalue weighted by Crippen LogP contribution is -2.55. The fourth-order valence-electron chi connectivity index (χ4n) is 10.2. The lowest BCUT2D eigenvalue weighted by atomic mass is 9.78. The third-order valence-corrected chi connectivity index (χ3v) is 14.2. The molecule has 0 aromatic heterocycles. The minimum atomic E-state index is -1.28. The molecule has 14 nitrogen and oxygen atoms in total. The molecule has 5 heterocycles. The van der Waals surface area contributed by atoms with Crippen molar-refractivity contribution in [1.82, 2.24) is 0 Å². The van der Waals surface area contributed by atoms with Gasteiger partial charge in [-0.3, -0.25) is 4.79 Å². The van der Waals surface area contributed by atoms with Crippen LogP contribution in [-0.4, -0.2) is 139 Å². The van der Waals surface area contributed by atoms with Crippen LogP contribution >= 0.6 is 0 Å². The zero-order valence-electron chi connectivity index (χ0n) is 39.3. The first-order valence-corrected chi connectivity index (χ1v) is 23.2. The van der Waals surface area contributed by atoms with E-state index in [0.717, 1.165) is 17.6 Å². The number of rotatable bonds is 15. The summed E-state index contributed by atoms with van der Waals surface area (Å²) in [7, 11) is 3.22. The Hall–Kier alpha value is -2.31. The Kier molecular flexibility index (Phi) is 17.1. The van der Waals surface area contributed by atoms with E-state index in [9.17, 15) is 20.1 Å². The number of aliphatic hydroxyl groups excluding tert-OH is 2. The summed E-state index contributed by atoms with van der Waals surface area (Å²) in [4.78, 5) is 12.3. The molecule has 1 spiro atoms. The third-order valence-electron chi connectivity index (χ3n) is 14.2. The van der Waals surface area contributed by atoms with Gasteiger partial charge in [-0.2, -0.15) is 0 Å².